The monoisotopic (exact) mass is 1240 g/mol. The zero-order chi connectivity index (χ0) is 63.5. The van der Waals surface area contributed by atoms with Crippen molar-refractivity contribution in [2.24, 2.45) is 0 Å². The van der Waals surface area contributed by atoms with Gasteiger partial charge < -0.3 is 20.3 Å². The molecular formula is C82H157NO5. The highest BCUT2D eigenvalue weighted by Crippen LogP contribution is 2.20. The molecule has 0 spiro atoms. The van der Waals surface area contributed by atoms with E-state index < -0.39 is 12.1 Å². The predicted octanol–water partition coefficient (Wildman–Crippen LogP) is 26.6. The minimum absolute atomic E-state index is 0.0165. The number of unbranched alkanes of at least 4 members (excludes halogenated alkanes) is 61. The van der Waals surface area contributed by atoms with E-state index in [0.717, 1.165) is 51.4 Å². The molecule has 0 aromatic heterocycles. The van der Waals surface area contributed by atoms with Crippen molar-refractivity contribution >= 4 is 11.9 Å². The maximum atomic E-state index is 12.5. The minimum Gasteiger partial charge on any atom is -0.466 e. The quantitative estimate of drug-likeness (QED) is 0.0320. The van der Waals surface area contributed by atoms with Crippen LogP contribution in [0, 0.1) is 0 Å². The first-order chi connectivity index (χ1) is 43.5. The number of carbonyl (C=O) groups excluding carboxylic acids is 2. The van der Waals surface area contributed by atoms with Gasteiger partial charge in [-0.2, -0.15) is 0 Å². The zero-order valence-corrected chi connectivity index (χ0v) is 59.7. The van der Waals surface area contributed by atoms with Crippen LogP contribution in [-0.2, 0) is 14.3 Å². The summed E-state index contributed by atoms with van der Waals surface area (Å²) in [6.07, 6.45) is 101. The Morgan fingerprint density at radius 1 is 0.318 bits per heavy atom. The molecule has 0 aromatic carbocycles. The molecule has 0 fully saturated rings. The topological polar surface area (TPSA) is 95.9 Å². The number of nitrogens with one attached hydrogen (secondary N) is 1. The number of rotatable bonds is 76. The van der Waals surface area contributed by atoms with E-state index in [4.69, 9.17) is 4.74 Å². The smallest absolute Gasteiger partial charge is 0.305 e. The van der Waals surface area contributed by atoms with Crippen molar-refractivity contribution in [2.45, 2.75) is 463 Å². The molecule has 3 N–H and O–H groups in total. The van der Waals surface area contributed by atoms with E-state index in [1.165, 1.54) is 372 Å². The van der Waals surface area contributed by atoms with E-state index in [1.807, 2.05) is 6.08 Å². The Kier molecular flexibility index (Phi) is 75.8. The first-order valence-electron chi connectivity index (χ1n) is 40.3. The maximum Gasteiger partial charge on any atom is 0.305 e. The van der Waals surface area contributed by atoms with Crippen LogP contribution in [0.4, 0.5) is 0 Å². The summed E-state index contributed by atoms with van der Waals surface area (Å²) >= 11 is 0. The number of amides is 1. The molecule has 0 bridgehead atoms. The average Bonchev–Trinajstić information content (AvgIpc) is 3.59. The lowest BCUT2D eigenvalue weighted by Crippen LogP contribution is -2.45. The Morgan fingerprint density at radius 3 is 0.875 bits per heavy atom. The van der Waals surface area contributed by atoms with Gasteiger partial charge in [0.2, 0.25) is 5.91 Å². The lowest BCUT2D eigenvalue weighted by molar-refractivity contribution is -0.143. The third-order valence-electron chi connectivity index (χ3n) is 18.9. The van der Waals surface area contributed by atoms with Crippen molar-refractivity contribution in [3.8, 4) is 0 Å². The highest BCUT2D eigenvalue weighted by molar-refractivity contribution is 5.76. The molecule has 520 valence electrons. The van der Waals surface area contributed by atoms with E-state index >= 15 is 0 Å². The molecule has 6 nitrogen and oxygen atoms in total. The fraction of sp³-hybridized carbons (Fsp3) is 0.902. The summed E-state index contributed by atoms with van der Waals surface area (Å²) in [6.45, 7) is 4.93. The van der Waals surface area contributed by atoms with Gasteiger partial charge >= 0.3 is 5.97 Å². The third kappa shape index (κ3) is 73.1. The van der Waals surface area contributed by atoms with Crippen molar-refractivity contribution in [3.63, 3.8) is 0 Å². The second-order valence-electron chi connectivity index (χ2n) is 27.8. The number of allylic oxidation sites excluding steroid dienone is 5. The molecule has 1 amide bonds. The van der Waals surface area contributed by atoms with Crippen LogP contribution in [-0.4, -0.2) is 47.4 Å². The normalized spacial score (nSPS) is 12.6. The van der Waals surface area contributed by atoms with Crippen molar-refractivity contribution in [2.75, 3.05) is 13.2 Å². The molecule has 0 aromatic rings. The molecular weight excluding hydrogens is 1080 g/mol. The molecule has 0 aliphatic heterocycles. The third-order valence-corrected chi connectivity index (χ3v) is 18.9. The molecule has 2 unspecified atom stereocenters. The molecule has 0 saturated heterocycles. The molecule has 0 heterocycles. The highest BCUT2D eigenvalue weighted by atomic mass is 16.5. The van der Waals surface area contributed by atoms with Crippen LogP contribution in [0.25, 0.3) is 0 Å². The van der Waals surface area contributed by atoms with Crippen molar-refractivity contribution in [1.82, 2.24) is 5.32 Å². The lowest BCUT2D eigenvalue weighted by Gasteiger charge is -2.20. The fourth-order valence-corrected chi connectivity index (χ4v) is 12.8. The molecule has 0 aliphatic rings. The van der Waals surface area contributed by atoms with Crippen molar-refractivity contribution in [1.29, 1.82) is 0 Å². The summed E-state index contributed by atoms with van der Waals surface area (Å²) in [7, 11) is 0. The van der Waals surface area contributed by atoms with Gasteiger partial charge in [0.1, 0.15) is 0 Å². The Labute approximate surface area is 551 Å². The first kappa shape index (κ1) is 86.1. The van der Waals surface area contributed by atoms with E-state index in [9.17, 15) is 19.8 Å². The van der Waals surface area contributed by atoms with Crippen LogP contribution < -0.4 is 5.32 Å². The van der Waals surface area contributed by atoms with E-state index in [-0.39, 0.29) is 18.5 Å². The number of ether oxygens (including phenoxy) is 1. The fourth-order valence-electron chi connectivity index (χ4n) is 12.8. The molecule has 88 heavy (non-hydrogen) atoms. The Morgan fingerprint density at radius 2 is 0.568 bits per heavy atom. The zero-order valence-electron chi connectivity index (χ0n) is 59.7. The van der Waals surface area contributed by atoms with E-state index in [1.54, 1.807) is 6.08 Å². The molecule has 0 radical (unpaired) electrons. The Bertz CT molecular complexity index is 1430. The van der Waals surface area contributed by atoms with E-state index in [0.29, 0.717) is 19.4 Å². The number of aliphatic hydroxyl groups excluding tert-OH is 2. The second-order valence-corrected chi connectivity index (χ2v) is 27.8. The highest BCUT2D eigenvalue weighted by Gasteiger charge is 2.18. The van der Waals surface area contributed by atoms with Gasteiger partial charge in [-0.1, -0.05) is 410 Å². The second kappa shape index (κ2) is 77.5. The van der Waals surface area contributed by atoms with Crippen LogP contribution in [0.1, 0.15) is 450 Å². The molecule has 2 atom stereocenters. The molecule has 0 aliphatic carbocycles. The number of carbonyl (C=O) groups is 2. The molecule has 6 heteroatoms. The van der Waals surface area contributed by atoms with Gasteiger partial charge in [0.15, 0.2) is 0 Å². The van der Waals surface area contributed by atoms with Gasteiger partial charge in [0, 0.05) is 12.8 Å². The van der Waals surface area contributed by atoms with Gasteiger partial charge in [-0.3, -0.25) is 9.59 Å². The maximum absolute atomic E-state index is 12.5. The summed E-state index contributed by atoms with van der Waals surface area (Å²) in [5, 5.41) is 23.2. The predicted molar refractivity (Wildman–Crippen MR) is 389 cm³/mol. The lowest BCUT2D eigenvalue weighted by atomic mass is 10.0. The number of hydrogen-bond acceptors (Lipinski definition) is 5. The standard InChI is InChI=1S/C82H157NO5/c1-3-5-7-9-11-13-15-17-19-21-44-48-52-56-60-64-68-72-76-82(87)88-77-73-69-65-61-57-53-49-45-42-40-38-36-34-32-30-28-26-24-22-23-25-27-29-31-33-35-37-39-41-43-47-51-55-59-63-67-71-75-81(86)83-79(78-84)80(85)74-70-66-62-58-54-50-46-20-18-16-14-12-10-8-6-4-2/h13,15,19,21,70,74,79-80,84-85H,3-12,14,16-18,20,22-69,71-73,75-78H2,1-2H3,(H,83,86)/b15-13-,21-19-,74-70+. The van der Waals surface area contributed by atoms with Gasteiger partial charge in [0.25, 0.3) is 0 Å². The Balaban J connectivity index is 3.31. The largest absolute Gasteiger partial charge is 0.466 e. The number of aliphatic hydroxyl groups is 2. The van der Waals surface area contributed by atoms with Crippen LogP contribution in [0.5, 0.6) is 0 Å². The summed E-state index contributed by atoms with van der Waals surface area (Å²) in [5.74, 6) is -0.0425. The summed E-state index contributed by atoms with van der Waals surface area (Å²) < 4.78 is 5.51. The summed E-state index contributed by atoms with van der Waals surface area (Å²) in [4.78, 5) is 24.6. The summed E-state index contributed by atoms with van der Waals surface area (Å²) in [5.41, 5.74) is 0. The van der Waals surface area contributed by atoms with Crippen LogP contribution in [0.3, 0.4) is 0 Å². The Hall–Kier alpha value is -1.92. The van der Waals surface area contributed by atoms with Gasteiger partial charge in [-0.15, -0.1) is 0 Å². The summed E-state index contributed by atoms with van der Waals surface area (Å²) in [6, 6.07) is -0.623. The first-order valence-corrected chi connectivity index (χ1v) is 40.3. The average molecular weight is 1240 g/mol. The van der Waals surface area contributed by atoms with Gasteiger partial charge in [0.05, 0.1) is 25.4 Å². The number of esters is 1. The van der Waals surface area contributed by atoms with Crippen LogP contribution in [0.2, 0.25) is 0 Å². The molecule has 0 rings (SSSR count). The SMILES string of the molecule is CCCCCC/C=C\C/C=C\CCCCCCCCCC(=O)OCCCCCCCCCCCCCCCCCCCCCCCCCCCCCCCCCCCCCCCC(=O)NC(CO)C(O)/C=C/CCCCCCCCCCCCCCCC. The minimum atomic E-state index is -0.840. The van der Waals surface area contributed by atoms with Crippen molar-refractivity contribution in [3.05, 3.63) is 36.5 Å². The van der Waals surface area contributed by atoms with Crippen molar-refractivity contribution < 1.29 is 24.5 Å². The molecule has 0 saturated carbocycles. The number of hydrogen-bond donors (Lipinski definition) is 3. The van der Waals surface area contributed by atoms with Crippen LogP contribution >= 0.6 is 0 Å². The van der Waals surface area contributed by atoms with E-state index in [2.05, 4.69) is 43.5 Å². The van der Waals surface area contributed by atoms with Gasteiger partial charge in [-0.05, 0) is 64.2 Å². The van der Waals surface area contributed by atoms with Crippen LogP contribution in [0.15, 0.2) is 36.5 Å². The van der Waals surface area contributed by atoms with Gasteiger partial charge in [-0.25, -0.2) is 0 Å².